The summed E-state index contributed by atoms with van der Waals surface area (Å²) in [7, 11) is 0. The van der Waals surface area contributed by atoms with Gasteiger partial charge in [-0.05, 0) is 25.1 Å². The number of nitrogens with zero attached hydrogens (tertiary/aromatic N) is 1. The second-order valence-electron chi connectivity index (χ2n) is 6.23. The summed E-state index contributed by atoms with van der Waals surface area (Å²) in [6.07, 6.45) is 0.331. The molecule has 26 heavy (non-hydrogen) atoms. The van der Waals surface area contributed by atoms with Gasteiger partial charge in [-0.2, -0.15) is 0 Å². The van der Waals surface area contributed by atoms with Crippen LogP contribution in [0.1, 0.15) is 21.7 Å². The molecule has 1 N–H and O–H groups in total. The van der Waals surface area contributed by atoms with Crippen molar-refractivity contribution in [3.8, 4) is 17.0 Å². The Hall–Kier alpha value is -3.15. The van der Waals surface area contributed by atoms with Gasteiger partial charge in [0.2, 0.25) is 0 Å². The quantitative estimate of drug-likeness (QED) is 0.780. The minimum atomic E-state index is -0.287. The molecule has 1 aliphatic heterocycles. The van der Waals surface area contributed by atoms with Gasteiger partial charge < -0.3 is 14.6 Å². The molecular weight excluding hydrogens is 335 g/mol. The molecule has 0 saturated carbocycles. The lowest BCUT2D eigenvalue weighted by atomic mass is 10.1. The van der Waals surface area contributed by atoms with E-state index in [0.717, 1.165) is 11.1 Å². The largest absolute Gasteiger partial charge is 0.488 e. The van der Waals surface area contributed by atoms with Gasteiger partial charge in [-0.1, -0.05) is 35.5 Å². The van der Waals surface area contributed by atoms with Crippen LogP contribution in [0.5, 0.6) is 5.75 Å². The van der Waals surface area contributed by atoms with Crippen molar-refractivity contribution in [2.75, 3.05) is 6.54 Å². The van der Waals surface area contributed by atoms with E-state index in [-0.39, 0.29) is 17.8 Å². The highest BCUT2D eigenvalue weighted by Gasteiger charge is 2.26. The van der Waals surface area contributed by atoms with Crippen LogP contribution in [0.4, 0.5) is 4.39 Å². The van der Waals surface area contributed by atoms with E-state index in [0.29, 0.717) is 35.7 Å². The van der Waals surface area contributed by atoms with Crippen LogP contribution in [0, 0.1) is 12.7 Å². The summed E-state index contributed by atoms with van der Waals surface area (Å²) in [6, 6.07) is 13.9. The van der Waals surface area contributed by atoms with E-state index in [2.05, 4.69) is 10.5 Å². The third-order valence-corrected chi connectivity index (χ3v) is 4.39. The van der Waals surface area contributed by atoms with Gasteiger partial charge >= 0.3 is 0 Å². The second kappa shape index (κ2) is 6.63. The first kappa shape index (κ1) is 16.3. The zero-order valence-corrected chi connectivity index (χ0v) is 14.2. The minimum absolute atomic E-state index is 0.226. The Morgan fingerprint density at radius 2 is 2.08 bits per heavy atom. The fourth-order valence-electron chi connectivity index (χ4n) is 3.13. The van der Waals surface area contributed by atoms with Gasteiger partial charge in [-0.15, -0.1) is 0 Å². The van der Waals surface area contributed by atoms with E-state index in [4.69, 9.17) is 9.26 Å². The zero-order valence-electron chi connectivity index (χ0n) is 14.2. The number of hydrogen-bond acceptors (Lipinski definition) is 4. The highest BCUT2D eigenvalue weighted by molar-refractivity contribution is 6.00. The van der Waals surface area contributed by atoms with Crippen LogP contribution >= 0.6 is 0 Å². The molecule has 1 unspecified atom stereocenters. The molecule has 0 fully saturated rings. The predicted octanol–water partition coefficient (Wildman–Crippen LogP) is 3.52. The van der Waals surface area contributed by atoms with E-state index in [1.54, 1.807) is 13.0 Å². The Labute approximate surface area is 149 Å². The minimum Gasteiger partial charge on any atom is -0.488 e. The highest BCUT2D eigenvalue weighted by Crippen LogP contribution is 2.29. The Morgan fingerprint density at radius 3 is 2.88 bits per heavy atom. The number of halogens is 1. The Balaban J connectivity index is 1.46. The van der Waals surface area contributed by atoms with Gasteiger partial charge in [0, 0.05) is 17.5 Å². The number of amides is 1. The Bertz CT molecular complexity index is 953. The summed E-state index contributed by atoms with van der Waals surface area (Å²) in [5.74, 6) is 0.564. The third-order valence-electron chi connectivity index (χ3n) is 4.39. The molecule has 2 heterocycles. The fraction of sp³-hybridized carbons (Fsp3) is 0.200. The fourth-order valence-corrected chi connectivity index (χ4v) is 3.13. The molecular formula is C20H17FN2O3. The van der Waals surface area contributed by atoms with E-state index in [9.17, 15) is 9.18 Å². The Kier molecular flexibility index (Phi) is 4.16. The van der Waals surface area contributed by atoms with E-state index in [1.165, 1.54) is 12.1 Å². The Morgan fingerprint density at radius 1 is 1.27 bits per heavy atom. The number of aromatic nitrogens is 1. The third kappa shape index (κ3) is 3.06. The maximum atomic E-state index is 13.3. The number of hydrogen-bond donors (Lipinski definition) is 1. The lowest BCUT2D eigenvalue weighted by Crippen LogP contribution is -2.34. The van der Waals surface area contributed by atoms with Crippen LogP contribution in [0.15, 0.2) is 53.1 Å². The predicted molar refractivity (Wildman–Crippen MR) is 93.5 cm³/mol. The van der Waals surface area contributed by atoms with Crippen molar-refractivity contribution in [2.45, 2.75) is 19.4 Å². The van der Waals surface area contributed by atoms with Gasteiger partial charge in [0.05, 0.1) is 6.54 Å². The summed E-state index contributed by atoms with van der Waals surface area (Å²) in [4.78, 5) is 12.7. The first-order valence-electron chi connectivity index (χ1n) is 8.37. The molecule has 2 aromatic carbocycles. The van der Waals surface area contributed by atoms with Crippen LogP contribution in [0.3, 0.4) is 0 Å². The SMILES string of the molecule is Cc1onc(-c2ccccc2)c1C(=O)NCC1Cc2cc(F)ccc2O1. The van der Waals surface area contributed by atoms with Crippen molar-refractivity contribution in [3.05, 3.63) is 71.2 Å². The summed E-state index contributed by atoms with van der Waals surface area (Å²) in [5.41, 5.74) is 2.56. The normalized spacial score (nSPS) is 15.4. The molecule has 1 aliphatic rings. The van der Waals surface area contributed by atoms with Gasteiger partial charge in [0.15, 0.2) is 0 Å². The number of carbonyl (C=O) groups is 1. The molecule has 5 nitrogen and oxygen atoms in total. The monoisotopic (exact) mass is 352 g/mol. The number of nitrogens with one attached hydrogen (secondary N) is 1. The molecule has 1 atom stereocenters. The molecule has 3 aromatic rings. The number of carbonyl (C=O) groups excluding carboxylic acids is 1. The lowest BCUT2D eigenvalue weighted by Gasteiger charge is -2.12. The van der Waals surface area contributed by atoms with Crippen molar-refractivity contribution in [2.24, 2.45) is 0 Å². The molecule has 0 saturated heterocycles. The smallest absolute Gasteiger partial charge is 0.257 e. The molecule has 0 radical (unpaired) electrons. The van der Waals surface area contributed by atoms with Crippen molar-refractivity contribution in [1.82, 2.24) is 10.5 Å². The van der Waals surface area contributed by atoms with Gasteiger partial charge in [-0.25, -0.2) is 4.39 Å². The van der Waals surface area contributed by atoms with Crippen LogP contribution < -0.4 is 10.1 Å². The highest BCUT2D eigenvalue weighted by atomic mass is 19.1. The summed E-state index contributed by atoms with van der Waals surface area (Å²) in [5, 5.41) is 6.89. The van der Waals surface area contributed by atoms with Crippen molar-refractivity contribution >= 4 is 5.91 Å². The number of aryl methyl sites for hydroxylation is 1. The van der Waals surface area contributed by atoms with E-state index in [1.807, 2.05) is 30.3 Å². The number of rotatable bonds is 4. The van der Waals surface area contributed by atoms with Crippen LogP contribution in [0.25, 0.3) is 11.3 Å². The number of fused-ring (bicyclic) bond motifs is 1. The second-order valence-corrected chi connectivity index (χ2v) is 6.23. The topological polar surface area (TPSA) is 64.4 Å². The summed E-state index contributed by atoms with van der Waals surface area (Å²) in [6.45, 7) is 2.02. The molecule has 0 bridgehead atoms. The van der Waals surface area contributed by atoms with E-state index < -0.39 is 0 Å². The average molecular weight is 352 g/mol. The first-order valence-corrected chi connectivity index (χ1v) is 8.37. The van der Waals surface area contributed by atoms with Crippen molar-refractivity contribution in [1.29, 1.82) is 0 Å². The van der Waals surface area contributed by atoms with Crippen LogP contribution in [-0.2, 0) is 6.42 Å². The lowest BCUT2D eigenvalue weighted by molar-refractivity contribution is 0.0932. The maximum Gasteiger partial charge on any atom is 0.257 e. The van der Waals surface area contributed by atoms with Gasteiger partial charge in [0.1, 0.15) is 34.7 Å². The van der Waals surface area contributed by atoms with Gasteiger partial charge in [-0.3, -0.25) is 4.79 Å². The number of benzene rings is 2. The van der Waals surface area contributed by atoms with Crippen molar-refractivity contribution in [3.63, 3.8) is 0 Å². The standard InChI is InChI=1S/C20H17FN2O3/c1-12-18(19(23-26-12)13-5-3-2-4-6-13)20(24)22-11-16-10-14-9-15(21)7-8-17(14)25-16/h2-9,16H,10-11H2,1H3,(H,22,24). The summed E-state index contributed by atoms with van der Waals surface area (Å²) >= 11 is 0. The van der Waals surface area contributed by atoms with Crippen LogP contribution in [0.2, 0.25) is 0 Å². The zero-order chi connectivity index (χ0) is 18.1. The molecule has 6 heteroatoms. The van der Waals surface area contributed by atoms with Crippen LogP contribution in [-0.4, -0.2) is 23.7 Å². The molecule has 1 aromatic heterocycles. The maximum absolute atomic E-state index is 13.3. The molecule has 132 valence electrons. The molecule has 0 spiro atoms. The summed E-state index contributed by atoms with van der Waals surface area (Å²) < 4.78 is 24.3. The molecule has 4 rings (SSSR count). The van der Waals surface area contributed by atoms with Gasteiger partial charge in [0.25, 0.3) is 5.91 Å². The van der Waals surface area contributed by atoms with E-state index >= 15 is 0 Å². The molecule has 0 aliphatic carbocycles. The van der Waals surface area contributed by atoms with Crippen molar-refractivity contribution < 1.29 is 18.4 Å². The average Bonchev–Trinajstić information content (AvgIpc) is 3.23. The molecule has 1 amide bonds. The number of ether oxygens (including phenoxy) is 1. The first-order chi connectivity index (χ1) is 12.6.